The number of non-ortho nitro benzene ring substituents is 1. The second-order valence-electron chi connectivity index (χ2n) is 3.56. The summed E-state index contributed by atoms with van der Waals surface area (Å²) in [7, 11) is 0. The second kappa shape index (κ2) is 4.97. The molecular formula is C11H8ClN3O3. The zero-order valence-corrected chi connectivity index (χ0v) is 9.87. The lowest BCUT2D eigenvalue weighted by Gasteiger charge is -2.06. The van der Waals surface area contributed by atoms with Gasteiger partial charge in [0.2, 0.25) is 0 Å². The summed E-state index contributed by atoms with van der Waals surface area (Å²) in [6.45, 7) is 0.226. The van der Waals surface area contributed by atoms with Crippen LogP contribution < -0.4 is 5.69 Å². The Morgan fingerprint density at radius 2 is 2.22 bits per heavy atom. The lowest BCUT2D eigenvalue weighted by molar-refractivity contribution is -0.384. The summed E-state index contributed by atoms with van der Waals surface area (Å²) >= 11 is 5.94. The standard InChI is InChI=1S/C11H8ClN3O3/c12-10-6-9(15(17)18)3-2-8(10)7-14-5-1-4-13-11(14)16/h1-6H,7H2. The summed E-state index contributed by atoms with van der Waals surface area (Å²) < 4.78 is 1.37. The Kier molecular flexibility index (Phi) is 3.38. The molecule has 0 amide bonds. The van der Waals surface area contributed by atoms with Crippen LogP contribution in [0.5, 0.6) is 0 Å². The van der Waals surface area contributed by atoms with Crippen molar-refractivity contribution >= 4 is 17.3 Å². The predicted octanol–water partition coefficient (Wildman–Crippen LogP) is 1.85. The Balaban J connectivity index is 2.33. The first kappa shape index (κ1) is 12.3. The van der Waals surface area contributed by atoms with Gasteiger partial charge in [-0.15, -0.1) is 0 Å². The molecule has 0 aliphatic heterocycles. The second-order valence-corrected chi connectivity index (χ2v) is 3.97. The molecule has 0 radical (unpaired) electrons. The van der Waals surface area contributed by atoms with Crippen LogP contribution in [-0.4, -0.2) is 14.5 Å². The molecule has 1 aromatic carbocycles. The van der Waals surface area contributed by atoms with Crippen molar-refractivity contribution in [2.24, 2.45) is 0 Å². The van der Waals surface area contributed by atoms with Gasteiger partial charge in [-0.2, -0.15) is 0 Å². The van der Waals surface area contributed by atoms with Gasteiger partial charge in [-0.05, 0) is 17.7 Å². The average molecular weight is 266 g/mol. The number of hydrogen-bond donors (Lipinski definition) is 0. The van der Waals surface area contributed by atoms with E-state index >= 15 is 0 Å². The highest BCUT2D eigenvalue weighted by atomic mass is 35.5. The van der Waals surface area contributed by atoms with Crippen LogP contribution in [0.3, 0.4) is 0 Å². The SMILES string of the molecule is O=c1ncccn1Cc1ccc([N+](=O)[O-])cc1Cl. The first-order chi connectivity index (χ1) is 8.58. The molecule has 0 unspecified atom stereocenters. The van der Waals surface area contributed by atoms with E-state index in [-0.39, 0.29) is 17.3 Å². The maximum Gasteiger partial charge on any atom is 0.347 e. The molecule has 0 aliphatic carbocycles. The van der Waals surface area contributed by atoms with E-state index in [4.69, 9.17) is 11.6 Å². The Morgan fingerprint density at radius 3 is 2.83 bits per heavy atom. The topological polar surface area (TPSA) is 78.0 Å². The van der Waals surface area contributed by atoms with Gasteiger partial charge in [0.05, 0.1) is 16.5 Å². The minimum absolute atomic E-state index is 0.0812. The third-order valence-corrected chi connectivity index (χ3v) is 2.72. The van der Waals surface area contributed by atoms with Gasteiger partial charge in [0.1, 0.15) is 0 Å². The van der Waals surface area contributed by atoms with Crippen LogP contribution in [-0.2, 0) is 6.54 Å². The van der Waals surface area contributed by atoms with E-state index in [2.05, 4.69) is 4.98 Å². The van der Waals surface area contributed by atoms with Gasteiger partial charge in [-0.3, -0.25) is 14.7 Å². The summed E-state index contributed by atoms with van der Waals surface area (Å²) in [5.41, 5.74) is 0.145. The van der Waals surface area contributed by atoms with Gasteiger partial charge < -0.3 is 0 Å². The number of rotatable bonds is 3. The first-order valence-corrected chi connectivity index (χ1v) is 5.40. The van der Waals surface area contributed by atoms with Crippen LogP contribution in [0, 0.1) is 10.1 Å². The molecule has 92 valence electrons. The summed E-state index contributed by atoms with van der Waals surface area (Å²) in [6, 6.07) is 5.77. The van der Waals surface area contributed by atoms with Crippen LogP contribution in [0.25, 0.3) is 0 Å². The molecule has 1 heterocycles. The average Bonchev–Trinajstić information content (AvgIpc) is 2.34. The van der Waals surface area contributed by atoms with Crippen LogP contribution in [0.2, 0.25) is 5.02 Å². The molecule has 6 nitrogen and oxygen atoms in total. The molecule has 0 saturated carbocycles. The molecule has 0 spiro atoms. The van der Waals surface area contributed by atoms with Crippen molar-refractivity contribution in [3.05, 3.63) is 67.8 Å². The van der Waals surface area contributed by atoms with Crippen molar-refractivity contribution in [1.82, 2.24) is 9.55 Å². The highest BCUT2D eigenvalue weighted by Gasteiger charge is 2.10. The number of nitro groups is 1. The lowest BCUT2D eigenvalue weighted by atomic mass is 10.2. The van der Waals surface area contributed by atoms with Gasteiger partial charge in [0, 0.05) is 24.5 Å². The maximum absolute atomic E-state index is 11.4. The normalized spacial score (nSPS) is 10.3. The smallest absolute Gasteiger partial charge is 0.295 e. The predicted molar refractivity (Wildman–Crippen MR) is 65.7 cm³/mol. The Bertz CT molecular complexity index is 654. The molecule has 18 heavy (non-hydrogen) atoms. The molecule has 0 N–H and O–H groups in total. The van der Waals surface area contributed by atoms with Crippen LogP contribution in [0.15, 0.2) is 41.5 Å². The molecule has 0 bridgehead atoms. The van der Waals surface area contributed by atoms with Crippen LogP contribution >= 0.6 is 11.6 Å². The molecule has 2 aromatic rings. The largest absolute Gasteiger partial charge is 0.347 e. The van der Waals surface area contributed by atoms with Gasteiger partial charge in [-0.1, -0.05) is 11.6 Å². The Labute approximate surface area is 107 Å². The minimum Gasteiger partial charge on any atom is -0.295 e. The fourth-order valence-electron chi connectivity index (χ4n) is 1.47. The van der Waals surface area contributed by atoms with E-state index in [9.17, 15) is 14.9 Å². The number of halogens is 1. The molecule has 0 saturated heterocycles. The quantitative estimate of drug-likeness (QED) is 0.627. The fourth-order valence-corrected chi connectivity index (χ4v) is 1.70. The molecule has 0 fully saturated rings. The Hall–Kier alpha value is -2.21. The number of nitrogens with zero attached hydrogens (tertiary/aromatic N) is 3. The van der Waals surface area contributed by atoms with E-state index in [0.29, 0.717) is 5.56 Å². The Morgan fingerprint density at radius 1 is 1.44 bits per heavy atom. The summed E-state index contributed by atoms with van der Waals surface area (Å²) in [6.07, 6.45) is 2.98. The van der Waals surface area contributed by atoms with E-state index in [1.54, 1.807) is 12.3 Å². The van der Waals surface area contributed by atoms with E-state index in [0.717, 1.165) is 0 Å². The zero-order valence-electron chi connectivity index (χ0n) is 9.12. The van der Waals surface area contributed by atoms with Gasteiger partial charge in [-0.25, -0.2) is 9.78 Å². The molecule has 7 heteroatoms. The first-order valence-electron chi connectivity index (χ1n) is 5.02. The summed E-state index contributed by atoms with van der Waals surface area (Å²) in [5, 5.41) is 10.8. The highest BCUT2D eigenvalue weighted by Crippen LogP contribution is 2.22. The summed E-state index contributed by atoms with van der Waals surface area (Å²) in [4.78, 5) is 25.1. The zero-order chi connectivity index (χ0) is 13.1. The van der Waals surface area contributed by atoms with Crippen molar-refractivity contribution in [2.45, 2.75) is 6.54 Å². The number of hydrogen-bond acceptors (Lipinski definition) is 4. The molecule has 0 atom stereocenters. The molecule has 1 aromatic heterocycles. The molecule has 2 rings (SSSR count). The third kappa shape index (κ3) is 2.54. The van der Waals surface area contributed by atoms with Gasteiger partial charge in [0.25, 0.3) is 5.69 Å². The number of benzene rings is 1. The van der Waals surface area contributed by atoms with E-state index < -0.39 is 10.6 Å². The van der Waals surface area contributed by atoms with Crippen molar-refractivity contribution in [2.75, 3.05) is 0 Å². The monoisotopic (exact) mass is 265 g/mol. The maximum atomic E-state index is 11.4. The van der Waals surface area contributed by atoms with E-state index in [1.807, 2.05) is 0 Å². The lowest BCUT2D eigenvalue weighted by Crippen LogP contribution is -2.22. The van der Waals surface area contributed by atoms with Crippen LogP contribution in [0.1, 0.15) is 5.56 Å². The number of nitro benzene ring substituents is 1. The van der Waals surface area contributed by atoms with Crippen molar-refractivity contribution < 1.29 is 4.92 Å². The fraction of sp³-hybridized carbons (Fsp3) is 0.0909. The van der Waals surface area contributed by atoms with Crippen LogP contribution in [0.4, 0.5) is 5.69 Å². The van der Waals surface area contributed by atoms with Crippen molar-refractivity contribution in [3.8, 4) is 0 Å². The summed E-state index contributed by atoms with van der Waals surface area (Å²) in [5.74, 6) is 0. The van der Waals surface area contributed by atoms with Gasteiger partial charge in [0.15, 0.2) is 0 Å². The minimum atomic E-state index is -0.522. The van der Waals surface area contributed by atoms with E-state index in [1.165, 1.54) is 29.0 Å². The molecular weight excluding hydrogens is 258 g/mol. The number of aromatic nitrogens is 2. The third-order valence-electron chi connectivity index (χ3n) is 2.37. The highest BCUT2D eigenvalue weighted by molar-refractivity contribution is 6.31. The van der Waals surface area contributed by atoms with Gasteiger partial charge >= 0.3 is 5.69 Å². The van der Waals surface area contributed by atoms with Crippen molar-refractivity contribution in [3.63, 3.8) is 0 Å². The van der Waals surface area contributed by atoms with Crippen molar-refractivity contribution in [1.29, 1.82) is 0 Å². The molecule has 0 aliphatic rings.